The summed E-state index contributed by atoms with van der Waals surface area (Å²) < 4.78 is 39.8. The maximum absolute atomic E-state index is 12.9. The molecule has 0 aliphatic carbocycles. The Bertz CT molecular complexity index is 1320. The first-order chi connectivity index (χ1) is 15.2. The fourth-order valence-corrected chi connectivity index (χ4v) is 3.09. The van der Waals surface area contributed by atoms with Gasteiger partial charge in [0.2, 0.25) is 0 Å². The predicted octanol–water partition coefficient (Wildman–Crippen LogP) is 5.01. The van der Waals surface area contributed by atoms with Crippen molar-refractivity contribution in [3.05, 3.63) is 89.6 Å². The maximum atomic E-state index is 12.9. The molecule has 4 rings (SSSR count). The SMILES string of the molecule is [C-]#[N+]c1cncc(-c2cccc(C(C)(C)c3cccc(-n4ccc(C(F)(F)F)n4)n3)n2)n1. The van der Waals surface area contributed by atoms with E-state index in [1.165, 1.54) is 18.6 Å². The zero-order valence-corrected chi connectivity index (χ0v) is 17.0. The van der Waals surface area contributed by atoms with Crippen LogP contribution >= 0.6 is 0 Å². The van der Waals surface area contributed by atoms with Crippen LogP contribution in [0.25, 0.3) is 22.1 Å². The van der Waals surface area contributed by atoms with Gasteiger partial charge in [0.1, 0.15) is 5.69 Å². The third-order valence-electron chi connectivity index (χ3n) is 4.88. The summed E-state index contributed by atoms with van der Waals surface area (Å²) in [6.45, 7) is 10.9. The van der Waals surface area contributed by atoms with Crippen LogP contribution in [0.4, 0.5) is 19.0 Å². The summed E-state index contributed by atoms with van der Waals surface area (Å²) in [7, 11) is 0. The van der Waals surface area contributed by atoms with Gasteiger partial charge in [-0.3, -0.25) is 4.98 Å². The summed E-state index contributed by atoms with van der Waals surface area (Å²) in [6.07, 6.45) is -0.397. The van der Waals surface area contributed by atoms with Gasteiger partial charge < -0.3 is 4.85 Å². The molecule has 0 bridgehead atoms. The van der Waals surface area contributed by atoms with E-state index >= 15 is 0 Å². The van der Waals surface area contributed by atoms with Crippen LogP contribution in [0.15, 0.2) is 61.1 Å². The summed E-state index contributed by atoms with van der Waals surface area (Å²) >= 11 is 0. The van der Waals surface area contributed by atoms with Gasteiger partial charge >= 0.3 is 6.18 Å². The molecule has 4 heterocycles. The molecule has 0 fully saturated rings. The van der Waals surface area contributed by atoms with E-state index in [1.807, 2.05) is 26.0 Å². The van der Waals surface area contributed by atoms with Gasteiger partial charge in [0.15, 0.2) is 17.2 Å². The molecule has 4 aromatic heterocycles. The minimum atomic E-state index is -4.53. The zero-order valence-electron chi connectivity index (χ0n) is 17.0. The zero-order chi connectivity index (χ0) is 22.9. The van der Waals surface area contributed by atoms with E-state index in [0.29, 0.717) is 22.8 Å². The van der Waals surface area contributed by atoms with E-state index in [2.05, 4.69) is 29.9 Å². The minimum Gasteiger partial charge on any atom is -0.359 e. The van der Waals surface area contributed by atoms with Crippen LogP contribution in [0.5, 0.6) is 0 Å². The fraction of sp³-hybridized carbons (Fsp3) is 0.182. The molecular weight excluding hydrogens is 419 g/mol. The number of alkyl halides is 3. The van der Waals surface area contributed by atoms with Gasteiger partial charge in [-0.25, -0.2) is 14.6 Å². The molecule has 10 heteroatoms. The van der Waals surface area contributed by atoms with Crippen LogP contribution in [0.3, 0.4) is 0 Å². The Hall–Kier alpha value is -4.13. The summed E-state index contributed by atoms with van der Waals surface area (Å²) in [4.78, 5) is 20.8. The van der Waals surface area contributed by atoms with Gasteiger partial charge in [-0.15, -0.1) is 4.98 Å². The third kappa shape index (κ3) is 4.05. The average Bonchev–Trinajstić information content (AvgIpc) is 3.30. The monoisotopic (exact) mass is 435 g/mol. The van der Waals surface area contributed by atoms with Crippen molar-refractivity contribution in [2.45, 2.75) is 25.4 Å². The highest BCUT2D eigenvalue weighted by Gasteiger charge is 2.34. The molecule has 0 saturated carbocycles. The highest BCUT2D eigenvalue weighted by Crippen LogP contribution is 2.31. The molecule has 0 radical (unpaired) electrons. The second-order valence-electron chi connectivity index (χ2n) is 7.43. The van der Waals surface area contributed by atoms with E-state index < -0.39 is 17.3 Å². The first-order valence-electron chi connectivity index (χ1n) is 9.47. The first-order valence-corrected chi connectivity index (χ1v) is 9.47. The van der Waals surface area contributed by atoms with Crippen molar-refractivity contribution in [2.75, 3.05) is 0 Å². The number of hydrogen-bond acceptors (Lipinski definition) is 5. The lowest BCUT2D eigenvalue weighted by molar-refractivity contribution is -0.141. The van der Waals surface area contributed by atoms with E-state index in [0.717, 1.165) is 10.7 Å². The molecule has 0 atom stereocenters. The van der Waals surface area contributed by atoms with Gasteiger partial charge in [-0.05, 0) is 44.2 Å². The molecule has 0 N–H and O–H groups in total. The molecule has 0 aliphatic rings. The van der Waals surface area contributed by atoms with Crippen LogP contribution in [0.2, 0.25) is 0 Å². The third-order valence-corrected chi connectivity index (χ3v) is 4.88. The summed E-state index contributed by atoms with van der Waals surface area (Å²) in [5.41, 5.74) is 0.620. The molecule has 0 aromatic carbocycles. The lowest BCUT2D eigenvalue weighted by Crippen LogP contribution is -2.23. The second-order valence-corrected chi connectivity index (χ2v) is 7.43. The number of aromatic nitrogens is 6. The molecule has 0 spiro atoms. The van der Waals surface area contributed by atoms with Crippen molar-refractivity contribution in [3.8, 4) is 17.2 Å². The highest BCUT2D eigenvalue weighted by molar-refractivity contribution is 5.56. The summed E-state index contributed by atoms with van der Waals surface area (Å²) in [5.74, 6) is 0.429. The van der Waals surface area contributed by atoms with Crippen LogP contribution in [-0.2, 0) is 11.6 Å². The molecule has 4 aromatic rings. The van der Waals surface area contributed by atoms with E-state index in [9.17, 15) is 13.2 Å². The van der Waals surface area contributed by atoms with Crippen molar-refractivity contribution < 1.29 is 13.2 Å². The van der Waals surface area contributed by atoms with Gasteiger partial charge in [0.05, 0.1) is 23.8 Å². The Labute approximate surface area is 181 Å². The number of halogens is 3. The molecule has 7 nitrogen and oxygen atoms in total. The smallest absolute Gasteiger partial charge is 0.359 e. The maximum Gasteiger partial charge on any atom is 0.435 e. The molecule has 32 heavy (non-hydrogen) atoms. The van der Waals surface area contributed by atoms with Crippen LogP contribution < -0.4 is 0 Å². The number of hydrogen-bond donors (Lipinski definition) is 0. The Morgan fingerprint density at radius 1 is 0.844 bits per heavy atom. The molecule has 160 valence electrons. The van der Waals surface area contributed by atoms with Crippen molar-refractivity contribution in [1.29, 1.82) is 0 Å². The van der Waals surface area contributed by atoms with E-state index in [-0.39, 0.29) is 11.6 Å². The molecule has 0 aliphatic heterocycles. The van der Waals surface area contributed by atoms with Gasteiger partial charge in [-0.1, -0.05) is 18.7 Å². The van der Waals surface area contributed by atoms with Crippen LogP contribution in [-0.4, -0.2) is 29.7 Å². The van der Waals surface area contributed by atoms with Gasteiger partial charge in [-0.2, -0.15) is 18.3 Å². The van der Waals surface area contributed by atoms with E-state index in [1.54, 1.807) is 24.3 Å². The van der Waals surface area contributed by atoms with Crippen LogP contribution in [0, 0.1) is 6.57 Å². The van der Waals surface area contributed by atoms with Crippen molar-refractivity contribution in [1.82, 2.24) is 29.7 Å². The Balaban J connectivity index is 1.71. The lowest BCUT2D eigenvalue weighted by Gasteiger charge is -2.24. The normalized spacial score (nSPS) is 11.9. The largest absolute Gasteiger partial charge is 0.435 e. The average molecular weight is 435 g/mol. The standard InChI is InChI=1S/C22H16F3N7/c1-21(2,16-7-4-6-14(28-16)15-12-27-13-19(26-3)29-15)17-8-5-9-20(30-17)32-11-10-18(31-32)22(23,24)25/h4-13H,1-2H3. The van der Waals surface area contributed by atoms with Crippen molar-refractivity contribution >= 4 is 5.82 Å². The highest BCUT2D eigenvalue weighted by atomic mass is 19.4. The quantitative estimate of drug-likeness (QED) is 0.421. The summed E-state index contributed by atoms with van der Waals surface area (Å²) in [5, 5.41) is 3.59. The second kappa shape index (κ2) is 7.85. The number of rotatable bonds is 4. The number of nitrogens with zero attached hydrogens (tertiary/aromatic N) is 7. The Morgan fingerprint density at radius 3 is 2.25 bits per heavy atom. The van der Waals surface area contributed by atoms with E-state index in [4.69, 9.17) is 6.57 Å². The van der Waals surface area contributed by atoms with Crippen LogP contribution in [0.1, 0.15) is 30.9 Å². The minimum absolute atomic E-state index is 0.167. The predicted molar refractivity (Wildman–Crippen MR) is 110 cm³/mol. The fourth-order valence-electron chi connectivity index (χ4n) is 3.09. The lowest BCUT2D eigenvalue weighted by atomic mass is 9.84. The topological polar surface area (TPSA) is 73.7 Å². The Morgan fingerprint density at radius 2 is 1.56 bits per heavy atom. The molecule has 0 saturated heterocycles. The summed E-state index contributed by atoms with van der Waals surface area (Å²) in [6, 6.07) is 11.4. The Kier molecular flexibility index (Phi) is 5.18. The van der Waals surface area contributed by atoms with Gasteiger partial charge in [0, 0.05) is 11.6 Å². The van der Waals surface area contributed by atoms with Crippen molar-refractivity contribution in [3.63, 3.8) is 0 Å². The number of pyridine rings is 2. The van der Waals surface area contributed by atoms with Gasteiger partial charge in [0.25, 0.3) is 5.82 Å². The van der Waals surface area contributed by atoms with Crippen molar-refractivity contribution in [2.24, 2.45) is 0 Å². The molecule has 0 amide bonds. The first kappa shape index (κ1) is 21.1. The molecule has 0 unspecified atom stereocenters. The molecular formula is C22H16F3N7.